The van der Waals surface area contributed by atoms with Crippen LogP contribution in [0.15, 0.2) is 23.1 Å². The van der Waals surface area contributed by atoms with Gasteiger partial charge in [-0.3, -0.25) is 0 Å². The molecule has 0 saturated carbocycles. The highest BCUT2D eigenvalue weighted by molar-refractivity contribution is 14.1. The minimum Gasteiger partial charge on any atom is -0.405 e. The van der Waals surface area contributed by atoms with Gasteiger partial charge in [0, 0.05) is 3.57 Å². The maximum atomic E-state index is 11.9. The molecule has 0 amide bonds. The summed E-state index contributed by atoms with van der Waals surface area (Å²) in [5.74, 6) is -0.148. The van der Waals surface area contributed by atoms with Gasteiger partial charge < -0.3 is 4.74 Å². The first-order valence-electron chi connectivity index (χ1n) is 3.51. The molecule has 1 nitrogen and oxygen atoms in total. The molecule has 0 aromatic heterocycles. The lowest BCUT2D eigenvalue weighted by Crippen LogP contribution is -2.17. The van der Waals surface area contributed by atoms with Crippen molar-refractivity contribution in [2.24, 2.45) is 0 Å². The molecule has 1 aromatic carbocycles. The molecule has 1 aromatic rings. The van der Waals surface area contributed by atoms with Gasteiger partial charge in [0.15, 0.2) is 0 Å². The number of benzene rings is 1. The number of hydrogen-bond acceptors (Lipinski definition) is 2. The number of ether oxygens (including phenoxy) is 1. The maximum Gasteiger partial charge on any atom is 0.573 e. The second kappa shape index (κ2) is 4.61. The second-order valence-electron chi connectivity index (χ2n) is 2.34. The summed E-state index contributed by atoms with van der Waals surface area (Å²) in [6.07, 6.45) is -2.92. The minimum atomic E-state index is -4.63. The fourth-order valence-electron chi connectivity index (χ4n) is 0.850. The lowest BCUT2D eigenvalue weighted by molar-refractivity contribution is -0.275. The largest absolute Gasteiger partial charge is 0.573 e. The lowest BCUT2D eigenvalue weighted by Gasteiger charge is -2.11. The van der Waals surface area contributed by atoms with Crippen LogP contribution in [0.5, 0.6) is 5.75 Å². The van der Waals surface area contributed by atoms with E-state index in [0.717, 1.165) is 3.57 Å². The molecule has 0 fully saturated rings. The van der Waals surface area contributed by atoms with Crippen molar-refractivity contribution in [1.29, 1.82) is 0 Å². The Kier molecular flexibility index (Phi) is 3.94. The van der Waals surface area contributed by atoms with Crippen LogP contribution < -0.4 is 4.74 Å². The monoisotopic (exact) mass is 334 g/mol. The SMILES string of the molecule is CSc1cc(I)ccc1OC(F)(F)F. The van der Waals surface area contributed by atoms with E-state index in [1.54, 1.807) is 18.4 Å². The molecule has 0 aliphatic rings. The van der Waals surface area contributed by atoms with Crippen molar-refractivity contribution in [3.8, 4) is 5.75 Å². The van der Waals surface area contributed by atoms with Crippen LogP contribution in [0.4, 0.5) is 13.2 Å². The quantitative estimate of drug-likeness (QED) is 0.599. The zero-order chi connectivity index (χ0) is 10.8. The van der Waals surface area contributed by atoms with Crippen molar-refractivity contribution in [2.75, 3.05) is 6.26 Å². The zero-order valence-corrected chi connectivity index (χ0v) is 10.0. The summed E-state index contributed by atoms with van der Waals surface area (Å²) in [4.78, 5) is 0.481. The normalized spacial score (nSPS) is 11.5. The fourth-order valence-corrected chi connectivity index (χ4v) is 2.11. The van der Waals surface area contributed by atoms with Gasteiger partial charge in [0.25, 0.3) is 0 Å². The van der Waals surface area contributed by atoms with Gasteiger partial charge in [0.1, 0.15) is 5.75 Å². The fraction of sp³-hybridized carbons (Fsp3) is 0.250. The Hall–Kier alpha value is -0.110. The van der Waals surface area contributed by atoms with Gasteiger partial charge in [0.2, 0.25) is 0 Å². The van der Waals surface area contributed by atoms with E-state index in [0.29, 0.717) is 4.90 Å². The van der Waals surface area contributed by atoms with E-state index >= 15 is 0 Å². The number of thioether (sulfide) groups is 1. The van der Waals surface area contributed by atoms with Gasteiger partial charge >= 0.3 is 6.36 Å². The predicted molar refractivity (Wildman–Crippen MR) is 57.6 cm³/mol. The summed E-state index contributed by atoms with van der Waals surface area (Å²) in [5, 5.41) is 0. The molecule has 0 heterocycles. The van der Waals surface area contributed by atoms with Crippen LogP contribution in [0.3, 0.4) is 0 Å². The zero-order valence-electron chi connectivity index (χ0n) is 7.06. The van der Waals surface area contributed by atoms with Crippen molar-refractivity contribution in [3.05, 3.63) is 21.8 Å². The molecule has 0 unspecified atom stereocenters. The molecule has 1 rings (SSSR count). The van der Waals surface area contributed by atoms with Crippen LogP contribution in [0, 0.1) is 3.57 Å². The third kappa shape index (κ3) is 3.56. The molecule has 0 atom stereocenters. The third-order valence-electron chi connectivity index (χ3n) is 1.35. The minimum absolute atomic E-state index is 0.148. The van der Waals surface area contributed by atoms with Gasteiger partial charge in [-0.1, -0.05) is 0 Å². The van der Waals surface area contributed by atoms with Crippen LogP contribution in [-0.2, 0) is 0 Å². The third-order valence-corrected chi connectivity index (χ3v) is 2.78. The summed E-state index contributed by atoms with van der Waals surface area (Å²) < 4.78 is 40.5. The number of alkyl halides is 3. The Bertz CT molecular complexity index is 327. The van der Waals surface area contributed by atoms with E-state index in [1.807, 2.05) is 22.6 Å². The average Bonchev–Trinajstić information content (AvgIpc) is 2.06. The average molecular weight is 334 g/mol. The molecule has 78 valence electrons. The van der Waals surface area contributed by atoms with Crippen molar-refractivity contribution >= 4 is 34.4 Å². The highest BCUT2D eigenvalue weighted by atomic mass is 127. The van der Waals surface area contributed by atoms with Crippen LogP contribution in [0.25, 0.3) is 0 Å². The van der Waals surface area contributed by atoms with Crippen molar-refractivity contribution in [1.82, 2.24) is 0 Å². The van der Waals surface area contributed by atoms with Crippen LogP contribution in [0.1, 0.15) is 0 Å². The van der Waals surface area contributed by atoms with E-state index in [1.165, 1.54) is 17.8 Å². The molecule has 6 heteroatoms. The molecule has 0 radical (unpaired) electrons. The van der Waals surface area contributed by atoms with E-state index in [4.69, 9.17) is 0 Å². The van der Waals surface area contributed by atoms with Gasteiger partial charge in [-0.2, -0.15) is 0 Å². The van der Waals surface area contributed by atoms with Crippen LogP contribution in [0.2, 0.25) is 0 Å². The van der Waals surface area contributed by atoms with Crippen LogP contribution in [-0.4, -0.2) is 12.6 Å². The Balaban J connectivity index is 2.97. The van der Waals surface area contributed by atoms with Crippen molar-refractivity contribution in [3.63, 3.8) is 0 Å². The van der Waals surface area contributed by atoms with E-state index in [9.17, 15) is 13.2 Å². The Morgan fingerprint density at radius 2 is 2.00 bits per heavy atom. The van der Waals surface area contributed by atoms with Crippen molar-refractivity contribution in [2.45, 2.75) is 11.3 Å². The van der Waals surface area contributed by atoms with Gasteiger partial charge in [0.05, 0.1) is 4.90 Å². The van der Waals surface area contributed by atoms with Crippen LogP contribution >= 0.6 is 34.4 Å². The second-order valence-corrected chi connectivity index (χ2v) is 4.44. The Morgan fingerprint density at radius 3 is 2.50 bits per heavy atom. The molecule has 0 spiro atoms. The highest BCUT2D eigenvalue weighted by Crippen LogP contribution is 2.33. The van der Waals surface area contributed by atoms with Crippen molar-refractivity contribution < 1.29 is 17.9 Å². The Labute approximate surface area is 97.2 Å². The summed E-state index contributed by atoms with van der Waals surface area (Å²) >= 11 is 3.25. The first kappa shape index (κ1) is 12.0. The molecule has 0 aliphatic carbocycles. The number of hydrogen-bond donors (Lipinski definition) is 0. The van der Waals surface area contributed by atoms with E-state index in [2.05, 4.69) is 4.74 Å². The van der Waals surface area contributed by atoms with Gasteiger partial charge in [-0.25, -0.2) is 0 Å². The van der Waals surface area contributed by atoms with E-state index in [-0.39, 0.29) is 5.75 Å². The molecular weight excluding hydrogens is 328 g/mol. The van der Waals surface area contributed by atoms with Gasteiger partial charge in [-0.15, -0.1) is 24.9 Å². The molecule has 0 aliphatic heterocycles. The predicted octanol–water partition coefficient (Wildman–Crippen LogP) is 3.91. The highest BCUT2D eigenvalue weighted by Gasteiger charge is 2.32. The smallest absolute Gasteiger partial charge is 0.405 e. The molecule has 0 saturated heterocycles. The standard InChI is InChI=1S/C8H6F3IOS/c1-14-7-4-5(12)2-3-6(7)13-8(9,10)11/h2-4H,1H3. The first-order chi connectivity index (χ1) is 6.42. The number of halogens is 4. The molecule has 14 heavy (non-hydrogen) atoms. The maximum absolute atomic E-state index is 11.9. The molecule has 0 bridgehead atoms. The summed E-state index contributed by atoms with van der Waals surface area (Å²) in [7, 11) is 0. The van der Waals surface area contributed by atoms with E-state index < -0.39 is 6.36 Å². The molecule has 0 N–H and O–H groups in total. The van der Waals surface area contributed by atoms with Gasteiger partial charge in [-0.05, 0) is 47.0 Å². The summed E-state index contributed by atoms with van der Waals surface area (Å²) in [5.41, 5.74) is 0. The topological polar surface area (TPSA) is 9.23 Å². The Morgan fingerprint density at radius 1 is 1.36 bits per heavy atom. The number of rotatable bonds is 2. The first-order valence-corrected chi connectivity index (χ1v) is 5.82. The summed E-state index contributed by atoms with van der Waals surface area (Å²) in [6.45, 7) is 0. The lowest BCUT2D eigenvalue weighted by atomic mass is 10.3. The molecular formula is C8H6F3IOS. The summed E-state index contributed by atoms with van der Waals surface area (Å²) in [6, 6.07) is 4.54.